The van der Waals surface area contributed by atoms with Gasteiger partial charge in [-0.3, -0.25) is 4.90 Å². The Hall–Kier alpha value is -0.820. The van der Waals surface area contributed by atoms with E-state index in [9.17, 15) is 0 Å². The van der Waals surface area contributed by atoms with Crippen molar-refractivity contribution >= 4 is 0 Å². The van der Waals surface area contributed by atoms with Gasteiger partial charge in [-0.2, -0.15) is 0 Å². The summed E-state index contributed by atoms with van der Waals surface area (Å²) in [5.74, 6) is 0.779. The molecule has 1 heterocycles. The normalized spacial score (nSPS) is 22.4. The van der Waals surface area contributed by atoms with Gasteiger partial charge in [-0.1, -0.05) is 44.2 Å². The Kier molecular flexibility index (Phi) is 2.87. The van der Waals surface area contributed by atoms with Crippen molar-refractivity contribution in [3.8, 4) is 0 Å². The summed E-state index contributed by atoms with van der Waals surface area (Å²) in [7, 11) is 0. The molecule has 0 bridgehead atoms. The zero-order valence-corrected chi connectivity index (χ0v) is 9.11. The minimum absolute atomic E-state index is 0.693. The average Bonchev–Trinajstić information content (AvgIpc) is 2.14. The zero-order chi connectivity index (χ0) is 9.97. The molecule has 1 heteroatoms. The molecule has 0 spiro atoms. The van der Waals surface area contributed by atoms with Crippen LogP contribution in [0, 0.1) is 5.92 Å². The Bertz CT molecular complexity index is 279. The molecule has 76 valence electrons. The van der Waals surface area contributed by atoms with E-state index in [1.54, 1.807) is 0 Å². The average molecular weight is 189 g/mol. The SMILES string of the molecule is CC(C)CN1CCC1c1ccccc1. The number of nitrogens with zero attached hydrogens (tertiary/aromatic N) is 1. The summed E-state index contributed by atoms with van der Waals surface area (Å²) in [6.07, 6.45) is 1.33. The van der Waals surface area contributed by atoms with Crippen LogP contribution in [0.15, 0.2) is 30.3 Å². The summed E-state index contributed by atoms with van der Waals surface area (Å²) in [6.45, 7) is 7.10. The molecule has 0 N–H and O–H groups in total. The Morgan fingerprint density at radius 1 is 1.29 bits per heavy atom. The third-order valence-electron chi connectivity index (χ3n) is 2.91. The molecule has 1 atom stereocenters. The molecule has 2 rings (SSSR count). The van der Waals surface area contributed by atoms with E-state index in [2.05, 4.69) is 49.1 Å². The van der Waals surface area contributed by atoms with Crippen LogP contribution in [0.4, 0.5) is 0 Å². The molecule has 0 radical (unpaired) electrons. The van der Waals surface area contributed by atoms with Gasteiger partial charge in [0, 0.05) is 19.1 Å². The van der Waals surface area contributed by atoms with Crippen molar-refractivity contribution in [3.05, 3.63) is 35.9 Å². The predicted octanol–water partition coefficient (Wildman–Crippen LogP) is 3.09. The van der Waals surface area contributed by atoms with Gasteiger partial charge in [-0.05, 0) is 17.9 Å². The Morgan fingerprint density at radius 3 is 2.50 bits per heavy atom. The van der Waals surface area contributed by atoms with Gasteiger partial charge in [0.1, 0.15) is 0 Å². The summed E-state index contributed by atoms with van der Waals surface area (Å²) in [6, 6.07) is 11.6. The lowest BCUT2D eigenvalue weighted by molar-refractivity contribution is 0.0767. The van der Waals surface area contributed by atoms with Gasteiger partial charge < -0.3 is 0 Å². The number of hydrogen-bond acceptors (Lipinski definition) is 1. The second-order valence-electron chi connectivity index (χ2n) is 4.60. The highest BCUT2D eigenvalue weighted by molar-refractivity contribution is 5.20. The van der Waals surface area contributed by atoms with Crippen LogP contribution in [-0.4, -0.2) is 18.0 Å². The smallest absolute Gasteiger partial charge is 0.0360 e. The van der Waals surface area contributed by atoms with Crippen LogP contribution in [0.5, 0.6) is 0 Å². The van der Waals surface area contributed by atoms with Crippen molar-refractivity contribution in [2.75, 3.05) is 13.1 Å². The molecular formula is C13H19N. The lowest BCUT2D eigenvalue weighted by atomic mass is 9.93. The Balaban J connectivity index is 2.00. The minimum atomic E-state index is 0.693. The lowest BCUT2D eigenvalue weighted by Crippen LogP contribution is -2.42. The van der Waals surface area contributed by atoms with Crippen LogP contribution < -0.4 is 0 Å². The van der Waals surface area contributed by atoms with E-state index < -0.39 is 0 Å². The Morgan fingerprint density at radius 2 is 2.00 bits per heavy atom. The molecule has 1 unspecified atom stereocenters. The van der Waals surface area contributed by atoms with Gasteiger partial charge in [-0.15, -0.1) is 0 Å². The predicted molar refractivity (Wildman–Crippen MR) is 60.2 cm³/mol. The van der Waals surface area contributed by atoms with Gasteiger partial charge >= 0.3 is 0 Å². The number of benzene rings is 1. The highest BCUT2D eigenvalue weighted by atomic mass is 15.2. The first kappa shape index (κ1) is 9.72. The highest BCUT2D eigenvalue weighted by Crippen LogP contribution is 2.33. The third kappa shape index (κ3) is 1.98. The van der Waals surface area contributed by atoms with Crippen molar-refractivity contribution < 1.29 is 0 Å². The molecule has 1 aromatic rings. The van der Waals surface area contributed by atoms with Crippen molar-refractivity contribution in [2.24, 2.45) is 5.92 Å². The van der Waals surface area contributed by atoms with Crippen LogP contribution in [0.3, 0.4) is 0 Å². The highest BCUT2D eigenvalue weighted by Gasteiger charge is 2.28. The quantitative estimate of drug-likeness (QED) is 0.706. The van der Waals surface area contributed by atoms with Gasteiger partial charge in [0.2, 0.25) is 0 Å². The maximum absolute atomic E-state index is 2.58. The van der Waals surface area contributed by atoms with Gasteiger partial charge in [0.05, 0.1) is 0 Å². The first-order valence-electron chi connectivity index (χ1n) is 5.56. The van der Waals surface area contributed by atoms with Crippen molar-refractivity contribution in [3.63, 3.8) is 0 Å². The fourth-order valence-electron chi connectivity index (χ4n) is 2.18. The van der Waals surface area contributed by atoms with E-state index in [-0.39, 0.29) is 0 Å². The summed E-state index contributed by atoms with van der Waals surface area (Å²) >= 11 is 0. The summed E-state index contributed by atoms with van der Waals surface area (Å²) in [5, 5.41) is 0. The van der Waals surface area contributed by atoms with Crippen LogP contribution in [0.1, 0.15) is 31.9 Å². The van der Waals surface area contributed by atoms with E-state index in [0.717, 1.165) is 5.92 Å². The molecule has 0 saturated carbocycles. The maximum atomic E-state index is 2.58. The molecular weight excluding hydrogens is 170 g/mol. The second-order valence-corrected chi connectivity index (χ2v) is 4.60. The van der Waals surface area contributed by atoms with Crippen LogP contribution in [0.2, 0.25) is 0 Å². The minimum Gasteiger partial charge on any atom is -0.296 e. The lowest BCUT2D eigenvalue weighted by Gasteiger charge is -2.42. The number of hydrogen-bond donors (Lipinski definition) is 0. The summed E-state index contributed by atoms with van der Waals surface area (Å²) < 4.78 is 0. The third-order valence-corrected chi connectivity index (χ3v) is 2.91. The van der Waals surface area contributed by atoms with Crippen LogP contribution in [0.25, 0.3) is 0 Å². The summed E-state index contributed by atoms with van der Waals surface area (Å²) in [4.78, 5) is 2.58. The second kappa shape index (κ2) is 4.14. The van der Waals surface area contributed by atoms with Crippen molar-refractivity contribution in [2.45, 2.75) is 26.3 Å². The van der Waals surface area contributed by atoms with Gasteiger partial charge in [0.25, 0.3) is 0 Å². The molecule has 1 aliphatic rings. The molecule has 1 saturated heterocycles. The van der Waals surface area contributed by atoms with E-state index in [1.807, 2.05) is 0 Å². The van der Waals surface area contributed by atoms with Crippen LogP contribution >= 0.6 is 0 Å². The fraction of sp³-hybridized carbons (Fsp3) is 0.538. The Labute approximate surface area is 86.7 Å². The topological polar surface area (TPSA) is 3.24 Å². The first-order valence-corrected chi connectivity index (χ1v) is 5.56. The molecule has 0 amide bonds. The van der Waals surface area contributed by atoms with Crippen LogP contribution in [-0.2, 0) is 0 Å². The molecule has 1 fully saturated rings. The monoisotopic (exact) mass is 189 g/mol. The van der Waals surface area contributed by atoms with E-state index in [0.29, 0.717) is 6.04 Å². The van der Waals surface area contributed by atoms with E-state index >= 15 is 0 Å². The van der Waals surface area contributed by atoms with Crippen molar-refractivity contribution in [1.82, 2.24) is 4.90 Å². The zero-order valence-electron chi connectivity index (χ0n) is 9.11. The van der Waals surface area contributed by atoms with Crippen molar-refractivity contribution in [1.29, 1.82) is 0 Å². The molecule has 0 aromatic heterocycles. The molecule has 0 aliphatic carbocycles. The van der Waals surface area contributed by atoms with Gasteiger partial charge in [-0.25, -0.2) is 0 Å². The molecule has 1 nitrogen and oxygen atoms in total. The molecule has 1 aromatic carbocycles. The van der Waals surface area contributed by atoms with Gasteiger partial charge in [0.15, 0.2) is 0 Å². The number of rotatable bonds is 3. The van der Waals surface area contributed by atoms with E-state index in [4.69, 9.17) is 0 Å². The number of likely N-dealkylation sites (tertiary alicyclic amines) is 1. The first-order chi connectivity index (χ1) is 6.77. The largest absolute Gasteiger partial charge is 0.296 e. The molecule has 14 heavy (non-hydrogen) atoms. The van der Waals surface area contributed by atoms with E-state index in [1.165, 1.54) is 25.1 Å². The fourth-order valence-corrected chi connectivity index (χ4v) is 2.18. The molecule has 1 aliphatic heterocycles. The standard InChI is InChI=1S/C13H19N/c1-11(2)10-14-9-8-13(14)12-6-4-3-5-7-12/h3-7,11,13H,8-10H2,1-2H3. The maximum Gasteiger partial charge on any atom is 0.0360 e. The summed E-state index contributed by atoms with van der Waals surface area (Å²) in [5.41, 5.74) is 1.49.